The van der Waals surface area contributed by atoms with E-state index in [1.54, 1.807) is 12.2 Å². The van der Waals surface area contributed by atoms with Gasteiger partial charge in [-0.15, -0.1) is 0 Å². The van der Waals surface area contributed by atoms with Crippen molar-refractivity contribution in [1.82, 2.24) is 9.55 Å². The Bertz CT molecular complexity index is 1140. The third kappa shape index (κ3) is 4.92. The molecule has 3 N–H and O–H groups in total. The van der Waals surface area contributed by atoms with Crippen LogP contribution in [0.5, 0.6) is 5.88 Å². The zero-order valence-corrected chi connectivity index (χ0v) is 17.3. The topological polar surface area (TPSA) is 117 Å². The minimum absolute atomic E-state index is 0.0313. The summed E-state index contributed by atoms with van der Waals surface area (Å²) in [5.74, 6) is -2.69. The summed E-state index contributed by atoms with van der Waals surface area (Å²) < 4.78 is 39.2. The minimum Gasteiger partial charge on any atom is -0.494 e. The molecule has 1 amide bonds. The van der Waals surface area contributed by atoms with E-state index in [1.807, 2.05) is 0 Å². The van der Waals surface area contributed by atoms with Crippen LogP contribution >= 0.6 is 0 Å². The fraction of sp³-hybridized carbons (Fsp3) is 0.429. The highest BCUT2D eigenvalue weighted by Crippen LogP contribution is 2.32. The van der Waals surface area contributed by atoms with Gasteiger partial charge in [0.25, 0.3) is 5.56 Å². The monoisotopic (exact) mass is 452 g/mol. The van der Waals surface area contributed by atoms with E-state index in [4.69, 9.17) is 0 Å². The molecule has 8 nitrogen and oxygen atoms in total. The number of aromatic nitrogens is 2. The maximum atomic E-state index is 12.7. The number of aliphatic imine (C=N–C) groups is 1. The largest absolute Gasteiger partial charge is 0.494 e. The number of hydrogen-bond acceptors (Lipinski definition) is 5. The maximum absolute atomic E-state index is 12.7. The van der Waals surface area contributed by atoms with Crippen LogP contribution in [0.15, 0.2) is 38.8 Å². The maximum Gasteiger partial charge on any atom is 0.471 e. The van der Waals surface area contributed by atoms with Gasteiger partial charge in [-0.3, -0.25) is 24.1 Å². The molecule has 1 aromatic carbocycles. The molecule has 2 aromatic rings. The lowest BCUT2D eigenvalue weighted by Gasteiger charge is -2.25. The van der Waals surface area contributed by atoms with Crippen LogP contribution < -0.4 is 16.6 Å². The van der Waals surface area contributed by atoms with Crippen molar-refractivity contribution in [2.75, 3.05) is 5.32 Å². The van der Waals surface area contributed by atoms with Crippen LogP contribution in [-0.2, 0) is 4.79 Å². The number of alkyl halides is 3. The Balaban J connectivity index is 2.09. The summed E-state index contributed by atoms with van der Waals surface area (Å²) in [6, 6.07) is 5.25. The number of rotatable bonds is 5. The number of halogens is 3. The second kappa shape index (κ2) is 9.41. The van der Waals surface area contributed by atoms with Crippen LogP contribution in [0.1, 0.15) is 57.1 Å². The quantitative estimate of drug-likeness (QED) is 0.599. The number of aromatic amines is 1. The van der Waals surface area contributed by atoms with E-state index in [-0.39, 0.29) is 35.1 Å². The molecule has 1 heterocycles. The molecule has 0 radical (unpaired) electrons. The number of aromatic hydroxyl groups is 1. The Kier molecular flexibility index (Phi) is 6.85. The number of para-hydroxylation sites is 2. The summed E-state index contributed by atoms with van der Waals surface area (Å²) in [6.45, 7) is 1.64. The molecule has 32 heavy (non-hydrogen) atoms. The van der Waals surface area contributed by atoms with Crippen molar-refractivity contribution >= 4 is 23.0 Å². The van der Waals surface area contributed by atoms with E-state index in [9.17, 15) is 32.7 Å². The van der Waals surface area contributed by atoms with Gasteiger partial charge in [0, 0.05) is 6.04 Å². The molecule has 0 unspecified atom stereocenters. The predicted octanol–water partition coefficient (Wildman–Crippen LogP) is 3.78. The lowest BCUT2D eigenvalue weighted by atomic mass is 9.95. The van der Waals surface area contributed by atoms with Gasteiger partial charge in [-0.1, -0.05) is 38.3 Å². The first-order chi connectivity index (χ1) is 15.1. The zero-order valence-electron chi connectivity index (χ0n) is 17.3. The summed E-state index contributed by atoms with van der Waals surface area (Å²) in [4.78, 5) is 42.8. The molecule has 0 atom stereocenters. The highest BCUT2D eigenvalue weighted by atomic mass is 19.4. The zero-order chi connectivity index (χ0) is 23.5. The summed E-state index contributed by atoms with van der Waals surface area (Å²) >= 11 is 0. The number of carbonyl (C=O) groups is 1. The van der Waals surface area contributed by atoms with Crippen LogP contribution in [0.25, 0.3) is 0 Å². The van der Waals surface area contributed by atoms with Gasteiger partial charge in [-0.05, 0) is 31.4 Å². The van der Waals surface area contributed by atoms with Crippen molar-refractivity contribution in [2.24, 2.45) is 4.99 Å². The first-order valence-corrected chi connectivity index (χ1v) is 10.3. The average molecular weight is 452 g/mol. The summed E-state index contributed by atoms with van der Waals surface area (Å²) in [7, 11) is 0. The Morgan fingerprint density at radius 2 is 1.88 bits per heavy atom. The van der Waals surface area contributed by atoms with Crippen LogP contribution in [0, 0.1) is 0 Å². The van der Waals surface area contributed by atoms with Crippen LogP contribution in [0.3, 0.4) is 0 Å². The number of amides is 1. The Morgan fingerprint density at radius 3 is 2.50 bits per heavy atom. The molecule has 0 saturated heterocycles. The molecule has 3 rings (SSSR count). The summed E-state index contributed by atoms with van der Waals surface area (Å²) in [5.41, 5.74) is -1.99. The average Bonchev–Trinajstić information content (AvgIpc) is 2.74. The third-order valence-corrected chi connectivity index (χ3v) is 5.35. The highest BCUT2D eigenvalue weighted by Gasteiger charge is 2.39. The lowest BCUT2D eigenvalue weighted by Crippen LogP contribution is -2.36. The summed E-state index contributed by atoms with van der Waals surface area (Å²) in [5, 5.41) is 12.6. The van der Waals surface area contributed by atoms with Gasteiger partial charge in [0.15, 0.2) is 0 Å². The molecular formula is C21H23F3N4O4. The molecule has 1 saturated carbocycles. The Morgan fingerprint density at radius 1 is 1.22 bits per heavy atom. The first-order valence-electron chi connectivity index (χ1n) is 10.3. The number of carbonyl (C=O) groups excluding carboxylic acids is 1. The number of hydrogen-bond donors (Lipinski definition) is 3. The molecular weight excluding hydrogens is 429 g/mol. The van der Waals surface area contributed by atoms with Crippen molar-refractivity contribution in [3.05, 3.63) is 50.7 Å². The van der Waals surface area contributed by atoms with Crippen LogP contribution in [0.4, 0.5) is 24.5 Å². The summed E-state index contributed by atoms with van der Waals surface area (Å²) in [6.07, 6.45) is -0.841. The third-order valence-electron chi connectivity index (χ3n) is 5.35. The van der Waals surface area contributed by atoms with E-state index in [0.29, 0.717) is 12.8 Å². The second-order valence-corrected chi connectivity index (χ2v) is 7.50. The number of anilines is 1. The number of nitrogens with one attached hydrogen (secondary N) is 2. The van der Waals surface area contributed by atoms with Gasteiger partial charge in [0.2, 0.25) is 5.88 Å². The number of H-pyrrole nitrogens is 1. The molecule has 172 valence electrons. The van der Waals surface area contributed by atoms with Crippen molar-refractivity contribution in [3.8, 4) is 5.88 Å². The molecule has 1 aliphatic carbocycles. The van der Waals surface area contributed by atoms with Crippen molar-refractivity contribution in [3.63, 3.8) is 0 Å². The van der Waals surface area contributed by atoms with Gasteiger partial charge < -0.3 is 10.4 Å². The van der Waals surface area contributed by atoms with Gasteiger partial charge in [0.1, 0.15) is 5.56 Å². The molecule has 11 heteroatoms. The van der Waals surface area contributed by atoms with E-state index in [2.05, 4.69) is 9.98 Å². The minimum atomic E-state index is -5.09. The standard InChI is InChI=1S/C21H23F3N4O4/c1-2-13(25-14-10-6-7-11-15(14)26-19(31)21(22,23)24)16-17(29)27-20(32)28(18(16)30)12-8-4-3-5-9-12/h6-7,10-12,30H,2-5,8-9H2,1H3,(H,26,31)(H,27,29,32). The first kappa shape index (κ1) is 23.3. The normalized spacial score (nSPS) is 15.6. The van der Waals surface area contributed by atoms with E-state index >= 15 is 0 Å². The second-order valence-electron chi connectivity index (χ2n) is 7.50. The van der Waals surface area contributed by atoms with E-state index < -0.39 is 29.2 Å². The molecule has 1 aromatic heterocycles. The van der Waals surface area contributed by atoms with E-state index in [0.717, 1.165) is 23.8 Å². The van der Waals surface area contributed by atoms with Crippen molar-refractivity contribution in [2.45, 2.75) is 57.7 Å². The van der Waals surface area contributed by atoms with Crippen molar-refractivity contribution in [1.29, 1.82) is 0 Å². The lowest BCUT2D eigenvalue weighted by molar-refractivity contribution is -0.167. The van der Waals surface area contributed by atoms with Crippen LogP contribution in [-0.4, -0.2) is 32.5 Å². The van der Waals surface area contributed by atoms with Gasteiger partial charge in [-0.25, -0.2) is 4.79 Å². The smallest absolute Gasteiger partial charge is 0.471 e. The molecule has 0 bridgehead atoms. The van der Waals surface area contributed by atoms with Crippen LogP contribution in [0.2, 0.25) is 0 Å². The van der Waals surface area contributed by atoms with Gasteiger partial charge in [-0.2, -0.15) is 13.2 Å². The SMILES string of the molecule is CCC(=Nc1ccccc1NC(=O)C(F)(F)F)c1c(O)n(C2CCCCC2)c(=O)[nH]c1=O. The fourth-order valence-electron chi connectivity index (χ4n) is 3.80. The number of nitrogens with zero attached hydrogens (tertiary/aromatic N) is 2. The number of benzene rings is 1. The fourth-order valence-corrected chi connectivity index (χ4v) is 3.80. The van der Waals surface area contributed by atoms with Gasteiger partial charge in [0.05, 0.1) is 17.1 Å². The van der Waals surface area contributed by atoms with E-state index in [1.165, 1.54) is 24.3 Å². The molecule has 1 fully saturated rings. The highest BCUT2D eigenvalue weighted by molar-refractivity contribution is 6.05. The molecule has 0 spiro atoms. The molecule has 0 aliphatic heterocycles. The predicted molar refractivity (Wildman–Crippen MR) is 113 cm³/mol. The van der Waals surface area contributed by atoms with Crippen molar-refractivity contribution < 1.29 is 23.1 Å². The Hall–Kier alpha value is -3.37. The molecule has 1 aliphatic rings. The van der Waals surface area contributed by atoms with Gasteiger partial charge >= 0.3 is 17.8 Å². The Labute approximate surface area is 180 Å².